The van der Waals surface area contributed by atoms with E-state index in [2.05, 4.69) is 159 Å². The normalized spacial score (nSPS) is 14.6. The summed E-state index contributed by atoms with van der Waals surface area (Å²) in [6.07, 6.45) is 12.9. The average molecular weight is 711 g/mol. The molecular weight excluding hydrogens is 673 g/mol. The Morgan fingerprint density at radius 1 is 0.611 bits per heavy atom. The van der Waals surface area contributed by atoms with Crippen LogP contribution < -0.4 is 10.4 Å². The summed E-state index contributed by atoms with van der Waals surface area (Å²) in [4.78, 5) is 1.20. The van der Waals surface area contributed by atoms with Gasteiger partial charge in [-0.2, -0.15) is 0 Å². The zero-order valence-corrected chi connectivity index (χ0v) is 30.8. The fourth-order valence-electron chi connectivity index (χ4n) is 7.68. The lowest BCUT2D eigenvalue weighted by Crippen LogP contribution is -2.29. The van der Waals surface area contributed by atoms with E-state index in [0.29, 0.717) is 0 Å². The van der Waals surface area contributed by atoms with Crippen LogP contribution in [0.3, 0.4) is 0 Å². The van der Waals surface area contributed by atoms with Gasteiger partial charge in [0.1, 0.15) is 11.2 Å². The van der Waals surface area contributed by atoms with Gasteiger partial charge in [0.05, 0.1) is 0 Å². The molecule has 54 heavy (non-hydrogen) atoms. The van der Waals surface area contributed by atoms with Crippen LogP contribution in [-0.4, -0.2) is 0 Å². The van der Waals surface area contributed by atoms with E-state index in [4.69, 9.17) is 11.0 Å². The molecule has 2 aromatic heterocycles. The summed E-state index contributed by atoms with van der Waals surface area (Å²) in [6.45, 7) is 13.4. The molecule has 1 nitrogen and oxygen atoms in total. The Labute approximate surface area is 319 Å². The van der Waals surface area contributed by atoms with E-state index in [1.807, 2.05) is 24.3 Å². The number of allylic oxidation sites excluding steroid dienone is 5. The highest BCUT2D eigenvalue weighted by Gasteiger charge is 2.18. The molecule has 9 rings (SSSR count). The number of hydrogen-bond acceptors (Lipinski definition) is 2. The Morgan fingerprint density at radius 2 is 1.33 bits per heavy atom. The van der Waals surface area contributed by atoms with Crippen molar-refractivity contribution < 1.29 is 4.42 Å². The summed E-state index contributed by atoms with van der Waals surface area (Å²) in [7, 11) is 0. The van der Waals surface area contributed by atoms with Crippen molar-refractivity contribution in [2.24, 2.45) is 0 Å². The molecule has 0 spiro atoms. The van der Waals surface area contributed by atoms with Gasteiger partial charge in [-0.05, 0) is 109 Å². The Hall–Kier alpha value is -6.48. The number of fused-ring (bicyclic) bond motifs is 5. The Morgan fingerprint density at radius 3 is 2.17 bits per heavy atom. The number of para-hydroxylation sites is 1. The van der Waals surface area contributed by atoms with Crippen molar-refractivity contribution in [1.82, 2.24) is 0 Å². The summed E-state index contributed by atoms with van der Waals surface area (Å²) in [5.41, 5.74) is 12.7. The third-order valence-corrected chi connectivity index (χ3v) is 11.6. The second-order valence-corrected chi connectivity index (χ2v) is 14.8. The van der Waals surface area contributed by atoms with Crippen molar-refractivity contribution in [3.8, 4) is 10.4 Å². The lowest BCUT2D eigenvalue weighted by Gasteiger charge is -2.14. The number of thiophene rings is 1. The molecular formula is C52H38OS. The van der Waals surface area contributed by atoms with E-state index in [-0.39, 0.29) is 0 Å². The van der Waals surface area contributed by atoms with E-state index in [9.17, 15) is 0 Å². The topological polar surface area (TPSA) is 13.1 Å². The number of furan rings is 1. The van der Waals surface area contributed by atoms with Gasteiger partial charge in [-0.1, -0.05) is 159 Å². The largest absolute Gasteiger partial charge is 0.456 e. The minimum absolute atomic E-state index is 0.884. The van der Waals surface area contributed by atoms with E-state index in [0.717, 1.165) is 90.1 Å². The van der Waals surface area contributed by atoms with Gasteiger partial charge in [0.2, 0.25) is 0 Å². The molecule has 2 heteroatoms. The summed E-state index contributed by atoms with van der Waals surface area (Å²) in [5, 5.41) is 5.77. The average Bonchev–Trinajstić information content (AvgIpc) is 3.83. The van der Waals surface area contributed by atoms with Crippen LogP contribution in [0.15, 0.2) is 188 Å². The van der Waals surface area contributed by atoms with Crippen molar-refractivity contribution in [2.45, 2.75) is 12.8 Å². The Balaban J connectivity index is 1.19. The van der Waals surface area contributed by atoms with Gasteiger partial charge in [-0.3, -0.25) is 0 Å². The zero-order chi connectivity index (χ0) is 36.6. The van der Waals surface area contributed by atoms with Crippen LogP contribution in [0.2, 0.25) is 0 Å². The second kappa shape index (κ2) is 14.2. The second-order valence-electron chi connectivity index (χ2n) is 13.7. The molecule has 0 saturated carbocycles. The lowest BCUT2D eigenvalue weighted by molar-refractivity contribution is 0.669. The van der Waals surface area contributed by atoms with Crippen LogP contribution >= 0.6 is 11.3 Å². The van der Waals surface area contributed by atoms with Gasteiger partial charge in [-0.15, -0.1) is 11.3 Å². The molecule has 0 aliphatic heterocycles. The fraction of sp³-hybridized carbons (Fsp3) is 0.0385. The van der Waals surface area contributed by atoms with Gasteiger partial charge in [-0.25, -0.2) is 0 Å². The molecule has 1 aliphatic rings. The van der Waals surface area contributed by atoms with Crippen LogP contribution in [0.5, 0.6) is 0 Å². The Kier molecular flexibility index (Phi) is 8.75. The van der Waals surface area contributed by atoms with Gasteiger partial charge in [0.15, 0.2) is 0 Å². The minimum Gasteiger partial charge on any atom is -0.456 e. The van der Waals surface area contributed by atoms with Crippen molar-refractivity contribution in [3.63, 3.8) is 0 Å². The summed E-state index contributed by atoms with van der Waals surface area (Å²) in [6, 6.07) is 49.6. The zero-order valence-electron chi connectivity index (χ0n) is 30.0. The molecule has 0 bridgehead atoms. The highest BCUT2D eigenvalue weighted by molar-refractivity contribution is 7.22. The molecule has 2 heterocycles. The highest BCUT2D eigenvalue weighted by Crippen LogP contribution is 2.42. The third-order valence-electron chi connectivity index (χ3n) is 10.5. The van der Waals surface area contributed by atoms with Crippen LogP contribution in [0.25, 0.3) is 70.8 Å². The van der Waals surface area contributed by atoms with Crippen molar-refractivity contribution in [3.05, 3.63) is 222 Å². The van der Waals surface area contributed by atoms with Crippen LogP contribution in [0.4, 0.5) is 0 Å². The molecule has 0 unspecified atom stereocenters. The molecule has 258 valence electrons. The third kappa shape index (κ3) is 6.01. The first-order chi connectivity index (χ1) is 26.6. The Bertz CT molecular complexity index is 2940. The molecule has 0 fully saturated rings. The van der Waals surface area contributed by atoms with Gasteiger partial charge >= 0.3 is 0 Å². The van der Waals surface area contributed by atoms with Crippen molar-refractivity contribution in [2.75, 3.05) is 0 Å². The molecule has 6 aromatic carbocycles. The smallest absolute Gasteiger partial charge is 0.136 e. The fourth-order valence-corrected chi connectivity index (χ4v) is 8.78. The van der Waals surface area contributed by atoms with E-state index < -0.39 is 0 Å². The number of benzene rings is 6. The maximum absolute atomic E-state index is 6.39. The standard InChI is InChI=1S/C52H38OS/c1-4-36-17-9-11-19-40(36)35(3)41-20-7-5-6-8-21-42(44-23-13-12-22-43(41)44)38-29-27-37(28-30-38)34(2)46-32-47-45-24-14-15-25-49(45)53-50(47)33-48(46)52-31-39-18-10-16-26-51(39)54-52/h4,7-33H,1-3,5-6H2/b20-7?,21-8+,43-41?,44-42+. The van der Waals surface area contributed by atoms with Crippen molar-refractivity contribution in [1.29, 1.82) is 0 Å². The van der Waals surface area contributed by atoms with Crippen molar-refractivity contribution >= 4 is 71.7 Å². The first-order valence-corrected chi connectivity index (χ1v) is 19.2. The van der Waals surface area contributed by atoms with E-state index in [1.54, 1.807) is 11.3 Å². The summed E-state index contributed by atoms with van der Waals surface area (Å²) < 4.78 is 7.65. The maximum atomic E-state index is 6.39. The van der Waals surface area contributed by atoms with Crippen LogP contribution in [0.1, 0.15) is 40.7 Å². The van der Waals surface area contributed by atoms with Crippen LogP contribution in [0, 0.1) is 0 Å². The van der Waals surface area contributed by atoms with Gasteiger partial charge in [0, 0.05) is 25.9 Å². The monoisotopic (exact) mass is 710 g/mol. The van der Waals surface area contributed by atoms with Gasteiger partial charge in [0.25, 0.3) is 0 Å². The molecule has 0 atom stereocenters. The van der Waals surface area contributed by atoms with Gasteiger partial charge < -0.3 is 4.42 Å². The molecule has 1 aliphatic carbocycles. The number of rotatable bonds is 7. The maximum Gasteiger partial charge on any atom is 0.136 e. The molecule has 8 aromatic rings. The first kappa shape index (κ1) is 33.4. The van der Waals surface area contributed by atoms with E-state index >= 15 is 0 Å². The van der Waals surface area contributed by atoms with E-state index in [1.165, 1.54) is 25.8 Å². The first-order valence-electron chi connectivity index (χ1n) is 18.4. The molecule has 0 radical (unpaired) electrons. The molecule has 0 amide bonds. The number of hydrogen-bond donors (Lipinski definition) is 0. The summed E-state index contributed by atoms with van der Waals surface area (Å²) in [5.74, 6) is 0. The molecule has 0 N–H and O–H groups in total. The quantitative estimate of drug-likeness (QED) is 0.160. The lowest BCUT2D eigenvalue weighted by atomic mass is 9.90. The van der Waals surface area contributed by atoms with Crippen LogP contribution in [-0.2, 0) is 0 Å². The predicted molar refractivity (Wildman–Crippen MR) is 234 cm³/mol. The molecule has 0 saturated heterocycles. The predicted octanol–water partition coefficient (Wildman–Crippen LogP) is 13.1. The minimum atomic E-state index is 0.884. The summed E-state index contributed by atoms with van der Waals surface area (Å²) >= 11 is 1.81. The SMILES string of the molecule is C=Cc1ccccc1C(=C)C1=c2cccc/c2=C(c2ccc(C(=C)c3cc4c(cc3-c3cc5ccccc5s3)oc3ccccc34)cc2)/C=C/CCC=C1. The highest BCUT2D eigenvalue weighted by atomic mass is 32.1.